The minimum Gasteiger partial charge on any atom is -0.505 e. The zero-order valence-corrected chi connectivity index (χ0v) is 21.0. The number of amidine groups is 1. The van der Waals surface area contributed by atoms with Crippen LogP contribution in [0.4, 0.5) is 5.69 Å². The summed E-state index contributed by atoms with van der Waals surface area (Å²) in [4.78, 5) is 28.4. The molecule has 0 fully saturated rings. The van der Waals surface area contributed by atoms with E-state index in [0.29, 0.717) is 12.0 Å². The van der Waals surface area contributed by atoms with Crippen LogP contribution in [-0.2, 0) is 20.7 Å². The number of nitrogens with two attached hydrogens (primary N) is 1. The maximum absolute atomic E-state index is 13.4. The molecule has 190 valence electrons. The second kappa shape index (κ2) is 10.6. The Morgan fingerprint density at radius 1 is 1.33 bits per heavy atom. The Balaban J connectivity index is 1.81. The molecule has 1 aromatic carbocycles. The van der Waals surface area contributed by atoms with Crippen LogP contribution in [0.25, 0.3) is 11.3 Å². The van der Waals surface area contributed by atoms with Gasteiger partial charge in [0, 0.05) is 24.6 Å². The molecule has 0 amide bonds. The number of ether oxygens (including phenoxy) is 2. The van der Waals surface area contributed by atoms with Crippen LogP contribution in [0.2, 0.25) is 0 Å². The molecule has 4 rings (SSSR count). The molecular weight excluding hydrogens is 509 g/mol. The van der Waals surface area contributed by atoms with Crippen molar-refractivity contribution in [3.8, 4) is 22.8 Å². The summed E-state index contributed by atoms with van der Waals surface area (Å²) in [5.74, 6) is 4.44. The Labute approximate surface area is 209 Å². The van der Waals surface area contributed by atoms with Crippen molar-refractivity contribution in [2.75, 3.05) is 12.4 Å². The van der Waals surface area contributed by atoms with Crippen LogP contribution in [0.1, 0.15) is 18.9 Å². The van der Waals surface area contributed by atoms with Crippen LogP contribution in [-0.4, -0.2) is 38.8 Å². The molecule has 3 aromatic rings. The van der Waals surface area contributed by atoms with Gasteiger partial charge in [-0.15, -0.1) is 0 Å². The molecule has 2 aromatic heterocycles. The molecule has 0 radical (unpaired) electrons. The van der Waals surface area contributed by atoms with Crippen LogP contribution in [0.5, 0.6) is 11.5 Å². The lowest BCUT2D eigenvalue weighted by molar-refractivity contribution is 0.105. The maximum atomic E-state index is 13.4. The van der Waals surface area contributed by atoms with Gasteiger partial charge in [0.05, 0.1) is 17.1 Å². The Kier molecular flexibility index (Phi) is 7.57. The Morgan fingerprint density at radius 3 is 2.83 bits per heavy atom. The monoisotopic (exact) mass is 533 g/mol. The summed E-state index contributed by atoms with van der Waals surface area (Å²) in [6, 6.07) is 6.11. The normalized spacial score (nSPS) is 17.8. The van der Waals surface area contributed by atoms with Gasteiger partial charge in [-0.05, 0) is 43.0 Å². The van der Waals surface area contributed by atoms with Gasteiger partial charge >= 0.3 is 7.52 Å². The predicted molar refractivity (Wildman–Crippen MR) is 136 cm³/mol. The third-order valence-corrected chi connectivity index (χ3v) is 7.57. The van der Waals surface area contributed by atoms with Crippen LogP contribution in [0.3, 0.4) is 0 Å². The first-order chi connectivity index (χ1) is 17.2. The van der Waals surface area contributed by atoms with E-state index < -0.39 is 18.8 Å². The first-order valence-corrected chi connectivity index (χ1v) is 13.2. The maximum Gasteiger partial charge on any atom is 0.346 e. The van der Waals surface area contributed by atoms with E-state index in [1.807, 2.05) is 12.3 Å². The number of aromatic nitrogens is 2. The van der Waals surface area contributed by atoms with Gasteiger partial charge in [-0.3, -0.25) is 9.36 Å². The third kappa shape index (κ3) is 5.20. The number of rotatable bonds is 9. The summed E-state index contributed by atoms with van der Waals surface area (Å²) in [6.07, 6.45) is 2.58. The lowest BCUT2D eigenvalue weighted by atomic mass is 10.1. The zero-order valence-electron chi connectivity index (χ0n) is 19.3. The van der Waals surface area contributed by atoms with E-state index in [0.717, 1.165) is 12.5 Å². The Hall–Kier alpha value is -3.48. The number of anilines is 1. The number of thiophene rings is 1. The molecule has 2 unspecified atom stereocenters. The average molecular weight is 534 g/mol. The second-order valence-electron chi connectivity index (χ2n) is 7.77. The number of nitrogens with zero attached hydrogens (tertiary/aromatic N) is 3. The molecule has 0 spiro atoms. The summed E-state index contributed by atoms with van der Waals surface area (Å²) in [6.45, 7) is 2.05. The van der Waals surface area contributed by atoms with Gasteiger partial charge < -0.3 is 29.6 Å². The fraction of sp³-hybridized carbons (Fsp3) is 0.227. The van der Waals surface area contributed by atoms with Crippen LogP contribution >= 0.6 is 18.9 Å². The molecule has 0 bridgehead atoms. The predicted octanol–water partition coefficient (Wildman–Crippen LogP) is 2.53. The highest BCUT2D eigenvalue weighted by atomic mass is 32.1. The third-order valence-electron chi connectivity index (χ3n) is 5.42. The molecule has 0 saturated heterocycles. The van der Waals surface area contributed by atoms with Gasteiger partial charge in [0.1, 0.15) is 29.5 Å². The summed E-state index contributed by atoms with van der Waals surface area (Å²) in [5.41, 5.74) is 0.0321. The molecule has 5 N–H and O–H groups in total. The molecule has 1 aliphatic heterocycles. The van der Waals surface area contributed by atoms with E-state index in [2.05, 4.69) is 20.0 Å². The van der Waals surface area contributed by atoms with Crippen molar-refractivity contribution in [1.82, 2.24) is 9.78 Å². The number of fused-ring (bicyclic) bond motifs is 1. The number of hydrogen-bond donors (Lipinski definition) is 4. The highest BCUT2D eigenvalue weighted by Crippen LogP contribution is 2.48. The topological polar surface area (TPSA) is 171 Å². The second-order valence-corrected chi connectivity index (χ2v) is 10.3. The van der Waals surface area contributed by atoms with E-state index in [9.17, 15) is 19.4 Å². The molecule has 3 heterocycles. The summed E-state index contributed by atoms with van der Waals surface area (Å²) < 4.78 is 28.9. The summed E-state index contributed by atoms with van der Waals surface area (Å²) in [7, 11) is -2.80. The van der Waals surface area contributed by atoms with Crippen molar-refractivity contribution in [1.29, 1.82) is 0 Å². The standard InChI is InChI=1S/C22H24N5O7PS/c1-13(32-2)5-7-27-22(29)18(20(28)19(25-27)14-6-10-36-12-14)21-24-16-4-3-15(33-8-9-34-23)11-17(16)35(30,31)26-21/h3-4,6,8-13,28H,5,7,23H2,1-2H3,(H2,24,26,30,31)/b9-8+. The van der Waals surface area contributed by atoms with Gasteiger partial charge in [0.15, 0.2) is 11.6 Å². The van der Waals surface area contributed by atoms with Crippen molar-refractivity contribution >= 4 is 35.7 Å². The lowest BCUT2D eigenvalue weighted by Gasteiger charge is -2.23. The molecule has 0 saturated carbocycles. The molecule has 12 nitrogen and oxygen atoms in total. The molecular formula is C22H24N5O7PS. The molecule has 36 heavy (non-hydrogen) atoms. The van der Waals surface area contributed by atoms with E-state index in [1.54, 1.807) is 18.6 Å². The number of hydrogen-bond acceptors (Lipinski definition) is 10. The number of benzene rings is 1. The van der Waals surface area contributed by atoms with Crippen molar-refractivity contribution in [3.05, 3.63) is 63.5 Å². The van der Waals surface area contributed by atoms with Gasteiger partial charge in [-0.1, -0.05) is 0 Å². The average Bonchev–Trinajstić information content (AvgIpc) is 3.38. The zero-order chi connectivity index (χ0) is 25.9. The van der Waals surface area contributed by atoms with Crippen molar-refractivity contribution in [2.45, 2.75) is 26.0 Å². The van der Waals surface area contributed by atoms with Crippen LogP contribution in [0.15, 0.2) is 57.1 Å². The highest BCUT2D eigenvalue weighted by Gasteiger charge is 2.34. The van der Waals surface area contributed by atoms with Crippen LogP contribution in [0, 0.1) is 0 Å². The first kappa shape index (κ1) is 25.6. The Morgan fingerprint density at radius 2 is 2.14 bits per heavy atom. The van der Waals surface area contributed by atoms with E-state index in [-0.39, 0.29) is 46.5 Å². The van der Waals surface area contributed by atoms with Gasteiger partial charge in [0.2, 0.25) is 0 Å². The highest BCUT2D eigenvalue weighted by molar-refractivity contribution is 7.65. The summed E-state index contributed by atoms with van der Waals surface area (Å²) >= 11 is 1.39. The van der Waals surface area contributed by atoms with E-state index >= 15 is 0 Å². The Bertz CT molecular complexity index is 1420. The molecule has 14 heteroatoms. The van der Waals surface area contributed by atoms with Crippen LogP contribution < -0.4 is 26.8 Å². The quantitative estimate of drug-likeness (QED) is 0.182. The van der Waals surface area contributed by atoms with Gasteiger partial charge in [-0.2, -0.15) is 27.1 Å². The largest absolute Gasteiger partial charge is 0.505 e. The van der Waals surface area contributed by atoms with E-state index in [1.165, 1.54) is 34.2 Å². The fourth-order valence-electron chi connectivity index (χ4n) is 3.47. The number of aromatic hydroxyl groups is 1. The van der Waals surface area contributed by atoms with Crippen molar-refractivity contribution in [3.63, 3.8) is 0 Å². The van der Waals surface area contributed by atoms with E-state index in [4.69, 9.17) is 15.4 Å². The minimum absolute atomic E-state index is 0.0355. The first-order valence-electron chi connectivity index (χ1n) is 10.7. The molecule has 1 aliphatic rings. The fourth-order valence-corrected chi connectivity index (χ4v) is 5.38. The van der Waals surface area contributed by atoms with Gasteiger partial charge in [0.25, 0.3) is 5.56 Å². The SMILES string of the molecule is COC(C)CCn1nc(-c2ccsc2)c(O)c(C2=NP(=O)(O)c3cc(O/C=C/ON)ccc3N2)c1=O. The van der Waals surface area contributed by atoms with Crippen molar-refractivity contribution < 1.29 is 28.9 Å². The molecule has 0 aliphatic carbocycles. The summed E-state index contributed by atoms with van der Waals surface area (Å²) in [5, 5.41) is 21.9. The number of aryl methyl sites for hydroxylation is 1. The molecule has 2 atom stereocenters. The van der Waals surface area contributed by atoms with Crippen molar-refractivity contribution in [2.24, 2.45) is 10.7 Å². The minimum atomic E-state index is -4.36. The van der Waals surface area contributed by atoms with Gasteiger partial charge in [-0.25, -0.2) is 4.68 Å². The lowest BCUT2D eigenvalue weighted by Crippen LogP contribution is -2.35. The smallest absolute Gasteiger partial charge is 0.346 e. The number of nitrogens with one attached hydrogen (secondary N) is 1. The number of methoxy groups -OCH3 is 1.